The Labute approximate surface area is 119 Å². The van der Waals surface area contributed by atoms with Crippen LogP contribution in [0.25, 0.3) is 0 Å². The third-order valence-electron chi connectivity index (χ3n) is 4.53. The molecular formula is C15H23N3O2. The predicted molar refractivity (Wildman–Crippen MR) is 77.8 cm³/mol. The van der Waals surface area contributed by atoms with E-state index in [1.54, 1.807) is 12.3 Å². The van der Waals surface area contributed by atoms with E-state index in [2.05, 4.69) is 16.9 Å². The number of rotatable bonds is 4. The molecule has 2 aliphatic rings. The molecule has 2 heterocycles. The number of hydrogen-bond donors (Lipinski definition) is 1. The lowest BCUT2D eigenvalue weighted by Gasteiger charge is -2.31. The second-order valence-corrected chi connectivity index (χ2v) is 6.31. The van der Waals surface area contributed by atoms with Gasteiger partial charge in [-0.2, -0.15) is 5.10 Å². The summed E-state index contributed by atoms with van der Waals surface area (Å²) in [5, 5.41) is 14.1. The molecule has 2 fully saturated rings. The van der Waals surface area contributed by atoms with Crippen molar-refractivity contribution in [3.63, 3.8) is 0 Å². The molecule has 20 heavy (non-hydrogen) atoms. The van der Waals surface area contributed by atoms with Gasteiger partial charge in [-0.05, 0) is 37.5 Å². The van der Waals surface area contributed by atoms with Crippen LogP contribution in [0.5, 0.6) is 0 Å². The fourth-order valence-electron chi connectivity index (χ4n) is 2.81. The summed E-state index contributed by atoms with van der Waals surface area (Å²) in [6.07, 6.45) is 5.81. The Morgan fingerprint density at radius 1 is 1.35 bits per heavy atom. The Hall–Kier alpha value is -1.36. The van der Waals surface area contributed by atoms with Gasteiger partial charge in [0, 0.05) is 19.2 Å². The van der Waals surface area contributed by atoms with E-state index in [0.717, 1.165) is 37.5 Å². The molecule has 3 rings (SSSR count). The van der Waals surface area contributed by atoms with Crippen molar-refractivity contribution in [1.29, 1.82) is 0 Å². The van der Waals surface area contributed by atoms with E-state index in [4.69, 9.17) is 0 Å². The predicted octanol–water partition coefficient (Wildman–Crippen LogP) is 1.25. The van der Waals surface area contributed by atoms with Crippen molar-refractivity contribution in [2.75, 3.05) is 18.0 Å². The summed E-state index contributed by atoms with van der Waals surface area (Å²) in [7, 11) is 0. The normalized spacial score (nSPS) is 22.0. The minimum Gasteiger partial charge on any atom is -0.391 e. The molecule has 5 nitrogen and oxygen atoms in total. The highest BCUT2D eigenvalue weighted by Gasteiger charge is 2.30. The van der Waals surface area contributed by atoms with Crippen molar-refractivity contribution < 1.29 is 5.11 Å². The van der Waals surface area contributed by atoms with Gasteiger partial charge in [-0.3, -0.25) is 4.79 Å². The van der Waals surface area contributed by atoms with E-state index in [-0.39, 0.29) is 5.56 Å². The number of hydrogen-bond acceptors (Lipinski definition) is 4. The first kappa shape index (κ1) is 13.6. The number of aromatic nitrogens is 2. The lowest BCUT2D eigenvalue weighted by atomic mass is 9.99. The molecule has 0 spiro atoms. The van der Waals surface area contributed by atoms with Crippen LogP contribution in [-0.2, 0) is 6.54 Å². The summed E-state index contributed by atoms with van der Waals surface area (Å²) in [5.41, 5.74) is 0.805. The third kappa shape index (κ3) is 3.03. The van der Waals surface area contributed by atoms with Gasteiger partial charge in [-0.1, -0.05) is 6.92 Å². The van der Waals surface area contributed by atoms with Gasteiger partial charge in [0.15, 0.2) is 0 Å². The zero-order chi connectivity index (χ0) is 14.1. The van der Waals surface area contributed by atoms with Gasteiger partial charge in [0.1, 0.15) is 0 Å². The lowest BCUT2D eigenvalue weighted by Crippen LogP contribution is -2.35. The van der Waals surface area contributed by atoms with E-state index in [1.807, 2.05) is 0 Å². The monoisotopic (exact) mass is 277 g/mol. The summed E-state index contributed by atoms with van der Waals surface area (Å²) in [4.78, 5) is 14.3. The molecule has 1 aliphatic carbocycles. The van der Waals surface area contributed by atoms with Crippen LogP contribution in [0, 0.1) is 11.8 Å². The highest BCUT2D eigenvalue weighted by atomic mass is 16.3. The van der Waals surface area contributed by atoms with Crippen molar-refractivity contribution in [3.05, 3.63) is 22.6 Å². The minimum absolute atomic E-state index is 0.110. The van der Waals surface area contributed by atoms with E-state index in [1.165, 1.54) is 17.5 Å². The van der Waals surface area contributed by atoms with Crippen molar-refractivity contribution in [1.82, 2.24) is 9.78 Å². The van der Waals surface area contributed by atoms with Crippen molar-refractivity contribution in [2.24, 2.45) is 11.8 Å². The Bertz CT molecular complexity index is 516. The Kier molecular flexibility index (Phi) is 3.78. The minimum atomic E-state index is -0.429. The molecule has 1 atom stereocenters. The van der Waals surface area contributed by atoms with E-state index >= 15 is 0 Å². The summed E-state index contributed by atoms with van der Waals surface area (Å²) in [6.45, 7) is 4.58. The molecule has 1 aliphatic heterocycles. The second kappa shape index (κ2) is 5.56. The molecule has 5 heteroatoms. The average Bonchev–Trinajstić information content (AvgIpc) is 3.26. The first-order valence-corrected chi connectivity index (χ1v) is 7.63. The highest BCUT2D eigenvalue weighted by molar-refractivity contribution is 5.43. The van der Waals surface area contributed by atoms with Crippen LogP contribution in [-0.4, -0.2) is 34.1 Å². The fraction of sp³-hybridized carbons (Fsp3) is 0.733. The smallest absolute Gasteiger partial charge is 0.268 e. The van der Waals surface area contributed by atoms with E-state index in [0.29, 0.717) is 12.5 Å². The van der Waals surface area contributed by atoms with Crippen LogP contribution in [0.4, 0.5) is 5.69 Å². The number of aliphatic hydroxyl groups excluding tert-OH is 1. The lowest BCUT2D eigenvalue weighted by molar-refractivity contribution is 0.125. The maximum atomic E-state index is 12.1. The molecule has 0 aromatic carbocycles. The molecule has 1 N–H and O–H groups in total. The van der Waals surface area contributed by atoms with E-state index in [9.17, 15) is 9.90 Å². The second-order valence-electron chi connectivity index (χ2n) is 6.31. The van der Waals surface area contributed by atoms with Gasteiger partial charge >= 0.3 is 0 Å². The molecule has 1 unspecified atom stereocenters. The van der Waals surface area contributed by atoms with Crippen LogP contribution in [0.2, 0.25) is 0 Å². The Morgan fingerprint density at radius 3 is 2.65 bits per heavy atom. The number of anilines is 1. The molecule has 1 saturated carbocycles. The molecule has 0 bridgehead atoms. The first-order valence-electron chi connectivity index (χ1n) is 7.63. The average molecular weight is 277 g/mol. The van der Waals surface area contributed by atoms with Gasteiger partial charge in [0.05, 0.1) is 24.5 Å². The topological polar surface area (TPSA) is 58.4 Å². The Balaban J connectivity index is 1.68. The molecule has 1 aromatic heterocycles. The van der Waals surface area contributed by atoms with Crippen molar-refractivity contribution in [3.8, 4) is 0 Å². The fourth-order valence-corrected chi connectivity index (χ4v) is 2.81. The SMILES string of the molecule is CC1CCN(c2cnn(CC(O)C3CC3)c(=O)c2)CC1. The first-order chi connectivity index (χ1) is 9.63. The summed E-state index contributed by atoms with van der Waals surface area (Å²) < 4.78 is 1.39. The van der Waals surface area contributed by atoms with Crippen LogP contribution in [0.15, 0.2) is 17.1 Å². The van der Waals surface area contributed by atoms with Gasteiger partial charge in [0.25, 0.3) is 5.56 Å². The molecule has 110 valence electrons. The zero-order valence-electron chi connectivity index (χ0n) is 12.0. The quantitative estimate of drug-likeness (QED) is 0.900. The Morgan fingerprint density at radius 2 is 2.05 bits per heavy atom. The van der Waals surface area contributed by atoms with Gasteiger partial charge in [-0.25, -0.2) is 4.68 Å². The summed E-state index contributed by atoms with van der Waals surface area (Å²) in [5.74, 6) is 1.14. The molecule has 0 amide bonds. The molecular weight excluding hydrogens is 254 g/mol. The third-order valence-corrected chi connectivity index (χ3v) is 4.53. The van der Waals surface area contributed by atoms with Crippen LogP contribution >= 0.6 is 0 Å². The largest absolute Gasteiger partial charge is 0.391 e. The van der Waals surface area contributed by atoms with Crippen molar-refractivity contribution in [2.45, 2.75) is 45.3 Å². The standard InChI is InChI=1S/C15H23N3O2/c1-11-4-6-17(7-5-11)13-8-15(20)18(16-9-13)10-14(19)12-2-3-12/h8-9,11-12,14,19H,2-7,10H2,1H3. The number of nitrogens with zero attached hydrogens (tertiary/aromatic N) is 3. The molecule has 1 aromatic rings. The van der Waals surface area contributed by atoms with Crippen molar-refractivity contribution >= 4 is 5.69 Å². The van der Waals surface area contributed by atoms with Gasteiger partial charge < -0.3 is 10.0 Å². The number of piperidine rings is 1. The molecule has 0 radical (unpaired) electrons. The maximum Gasteiger partial charge on any atom is 0.268 e. The van der Waals surface area contributed by atoms with Gasteiger partial charge in [0.2, 0.25) is 0 Å². The highest BCUT2D eigenvalue weighted by Crippen LogP contribution is 2.32. The number of aliphatic hydroxyl groups is 1. The van der Waals surface area contributed by atoms with Gasteiger partial charge in [-0.15, -0.1) is 0 Å². The van der Waals surface area contributed by atoms with E-state index < -0.39 is 6.10 Å². The molecule has 1 saturated heterocycles. The zero-order valence-corrected chi connectivity index (χ0v) is 12.0. The van der Waals surface area contributed by atoms with Crippen LogP contribution < -0.4 is 10.5 Å². The maximum absolute atomic E-state index is 12.1. The summed E-state index contributed by atoms with van der Waals surface area (Å²) in [6, 6.07) is 1.66. The van der Waals surface area contributed by atoms with Crippen LogP contribution in [0.1, 0.15) is 32.6 Å². The summed E-state index contributed by atoms with van der Waals surface area (Å²) >= 11 is 0. The van der Waals surface area contributed by atoms with Crippen LogP contribution in [0.3, 0.4) is 0 Å².